The van der Waals surface area contributed by atoms with Crippen molar-refractivity contribution in [3.63, 3.8) is 0 Å². The van der Waals surface area contributed by atoms with Crippen LogP contribution in [0, 0.1) is 11.3 Å². The van der Waals surface area contributed by atoms with Gasteiger partial charge in [-0.05, 0) is 53.4 Å². The zero-order chi connectivity index (χ0) is 13.3. The summed E-state index contributed by atoms with van der Waals surface area (Å²) < 4.78 is 10.3. The van der Waals surface area contributed by atoms with Crippen LogP contribution in [0.5, 0.6) is 0 Å². The second-order valence-corrected chi connectivity index (χ2v) is 5.70. The highest BCUT2D eigenvalue weighted by Gasteiger charge is 2.55. The van der Waals surface area contributed by atoms with Crippen LogP contribution in [0.1, 0.15) is 47.5 Å². The van der Waals surface area contributed by atoms with Crippen molar-refractivity contribution in [1.82, 2.24) is 0 Å². The molecule has 1 atom stereocenters. The average molecular weight is 242 g/mol. The van der Waals surface area contributed by atoms with Crippen molar-refractivity contribution >= 4 is 11.9 Å². The lowest BCUT2D eigenvalue weighted by Crippen LogP contribution is -2.44. The molecule has 0 heterocycles. The van der Waals surface area contributed by atoms with E-state index in [-0.39, 0.29) is 12.5 Å². The Kier molecular flexibility index (Phi) is 3.84. The van der Waals surface area contributed by atoms with Gasteiger partial charge in [0.25, 0.3) is 0 Å². The molecule has 1 saturated carbocycles. The van der Waals surface area contributed by atoms with E-state index in [0.717, 1.165) is 12.8 Å². The van der Waals surface area contributed by atoms with E-state index >= 15 is 0 Å². The van der Waals surface area contributed by atoms with Crippen molar-refractivity contribution in [3.05, 3.63) is 0 Å². The lowest BCUT2D eigenvalue weighted by Gasteiger charge is -2.29. The van der Waals surface area contributed by atoms with Crippen LogP contribution in [-0.2, 0) is 19.1 Å². The molecule has 0 saturated heterocycles. The summed E-state index contributed by atoms with van der Waals surface area (Å²) in [5.74, 6) is -0.862. The Morgan fingerprint density at radius 1 is 1.12 bits per heavy atom. The molecule has 0 aromatic rings. The quantitative estimate of drug-likeness (QED) is 0.560. The number of hydrogen-bond acceptors (Lipinski definition) is 4. The van der Waals surface area contributed by atoms with E-state index in [1.807, 2.05) is 0 Å². The third kappa shape index (κ3) is 3.20. The van der Waals surface area contributed by atoms with Gasteiger partial charge >= 0.3 is 11.9 Å². The highest BCUT2D eigenvalue weighted by Crippen LogP contribution is 2.47. The summed E-state index contributed by atoms with van der Waals surface area (Å²) in [4.78, 5) is 24.1. The van der Waals surface area contributed by atoms with Crippen molar-refractivity contribution in [1.29, 1.82) is 0 Å². The first kappa shape index (κ1) is 14.0. The molecule has 17 heavy (non-hydrogen) atoms. The molecule has 98 valence electrons. The van der Waals surface area contributed by atoms with Crippen molar-refractivity contribution in [2.24, 2.45) is 11.3 Å². The van der Waals surface area contributed by atoms with Crippen molar-refractivity contribution in [3.8, 4) is 0 Å². The second-order valence-electron chi connectivity index (χ2n) is 5.70. The highest BCUT2D eigenvalue weighted by atomic mass is 16.6. The Morgan fingerprint density at radius 2 is 1.65 bits per heavy atom. The number of hydrogen-bond donors (Lipinski definition) is 0. The fraction of sp³-hybridized carbons (Fsp3) is 0.846. The molecule has 1 rings (SSSR count). The van der Waals surface area contributed by atoms with Gasteiger partial charge in [-0.2, -0.15) is 0 Å². The molecule has 1 aliphatic carbocycles. The number of carbonyl (C=O) groups excluding carboxylic acids is 2. The minimum atomic E-state index is -1.14. The van der Waals surface area contributed by atoms with E-state index in [0.29, 0.717) is 0 Å². The smallest absolute Gasteiger partial charge is 0.324 e. The Balaban J connectivity index is 2.84. The molecular formula is C13H22O4. The van der Waals surface area contributed by atoms with Crippen LogP contribution in [0.25, 0.3) is 0 Å². The SMILES string of the molecule is CCOC(=O)C(C)(C(=O)OC(C)(C)C)C1CC1. The molecule has 0 N–H and O–H groups in total. The van der Waals surface area contributed by atoms with E-state index in [9.17, 15) is 9.59 Å². The molecule has 1 unspecified atom stereocenters. The van der Waals surface area contributed by atoms with Crippen molar-refractivity contribution < 1.29 is 19.1 Å². The zero-order valence-electron chi connectivity index (χ0n) is 11.3. The van der Waals surface area contributed by atoms with Gasteiger partial charge in [-0.25, -0.2) is 0 Å². The first-order valence-corrected chi connectivity index (χ1v) is 6.12. The van der Waals surface area contributed by atoms with Crippen LogP contribution in [0.4, 0.5) is 0 Å². The monoisotopic (exact) mass is 242 g/mol. The lowest BCUT2D eigenvalue weighted by atomic mass is 9.84. The lowest BCUT2D eigenvalue weighted by molar-refractivity contribution is -0.179. The maximum absolute atomic E-state index is 12.2. The Bertz CT molecular complexity index is 312. The third-order valence-corrected chi connectivity index (χ3v) is 2.92. The predicted molar refractivity (Wildman–Crippen MR) is 63.3 cm³/mol. The molecule has 0 radical (unpaired) electrons. The Hall–Kier alpha value is -1.06. The van der Waals surface area contributed by atoms with Crippen LogP contribution in [0.15, 0.2) is 0 Å². The van der Waals surface area contributed by atoms with Crippen LogP contribution < -0.4 is 0 Å². The van der Waals surface area contributed by atoms with Crippen LogP contribution in [-0.4, -0.2) is 24.1 Å². The second kappa shape index (κ2) is 4.67. The average Bonchev–Trinajstić information content (AvgIpc) is 2.97. The molecule has 0 amide bonds. The molecule has 0 bridgehead atoms. The fourth-order valence-corrected chi connectivity index (χ4v) is 1.74. The van der Waals surface area contributed by atoms with Crippen molar-refractivity contribution in [2.75, 3.05) is 6.61 Å². The predicted octanol–water partition coefficient (Wildman–Crippen LogP) is 2.31. The van der Waals surface area contributed by atoms with Crippen LogP contribution in [0.2, 0.25) is 0 Å². The molecule has 0 aliphatic heterocycles. The van der Waals surface area contributed by atoms with Crippen molar-refractivity contribution in [2.45, 2.75) is 53.1 Å². The van der Waals surface area contributed by atoms with E-state index in [2.05, 4.69) is 0 Å². The summed E-state index contributed by atoms with van der Waals surface area (Å²) in [6, 6.07) is 0. The molecule has 4 nitrogen and oxygen atoms in total. The van der Waals surface area contributed by atoms with Gasteiger partial charge in [0.2, 0.25) is 0 Å². The van der Waals surface area contributed by atoms with Crippen LogP contribution in [0.3, 0.4) is 0 Å². The summed E-state index contributed by atoms with van der Waals surface area (Å²) in [5.41, 5.74) is -1.72. The minimum Gasteiger partial charge on any atom is -0.465 e. The van der Waals surface area contributed by atoms with Gasteiger partial charge in [-0.1, -0.05) is 0 Å². The van der Waals surface area contributed by atoms with Gasteiger partial charge in [0, 0.05) is 0 Å². The molecule has 0 aromatic heterocycles. The molecule has 4 heteroatoms. The molecule has 0 spiro atoms. The summed E-state index contributed by atoms with van der Waals surface area (Å²) in [6.07, 6.45) is 1.77. The molecular weight excluding hydrogens is 220 g/mol. The Labute approximate surface area is 103 Å². The largest absolute Gasteiger partial charge is 0.465 e. The number of carbonyl (C=O) groups is 2. The third-order valence-electron chi connectivity index (χ3n) is 2.92. The van der Waals surface area contributed by atoms with Gasteiger partial charge in [0.05, 0.1) is 6.61 Å². The minimum absolute atomic E-state index is 0.0661. The highest BCUT2D eigenvalue weighted by molar-refractivity contribution is 6.00. The van der Waals surface area contributed by atoms with Gasteiger partial charge < -0.3 is 9.47 Å². The number of ether oxygens (including phenoxy) is 2. The first-order valence-electron chi connectivity index (χ1n) is 6.12. The zero-order valence-corrected chi connectivity index (χ0v) is 11.3. The van der Waals surface area contributed by atoms with E-state index in [1.165, 1.54) is 0 Å². The summed E-state index contributed by atoms with van der Waals surface area (Å²) >= 11 is 0. The van der Waals surface area contributed by atoms with E-state index < -0.39 is 23.0 Å². The first-order chi connectivity index (χ1) is 7.71. The molecule has 1 fully saturated rings. The maximum Gasteiger partial charge on any atom is 0.324 e. The summed E-state index contributed by atoms with van der Waals surface area (Å²) in [7, 11) is 0. The summed E-state index contributed by atoms with van der Waals surface area (Å²) in [5, 5.41) is 0. The standard InChI is InChI=1S/C13H22O4/c1-6-16-10(14)13(5,9-7-8-9)11(15)17-12(2,3)4/h9H,6-8H2,1-5H3. The topological polar surface area (TPSA) is 52.6 Å². The van der Waals surface area contributed by atoms with Gasteiger partial charge in [0.1, 0.15) is 5.60 Å². The van der Waals surface area contributed by atoms with Gasteiger partial charge in [0.15, 0.2) is 5.41 Å². The maximum atomic E-state index is 12.2. The molecule has 0 aromatic carbocycles. The normalized spacial score (nSPS) is 19.4. The van der Waals surface area contributed by atoms with Crippen LogP contribution >= 0.6 is 0 Å². The van der Waals surface area contributed by atoms with E-state index in [1.54, 1.807) is 34.6 Å². The van der Waals surface area contributed by atoms with E-state index in [4.69, 9.17) is 9.47 Å². The van der Waals surface area contributed by atoms with Gasteiger partial charge in [-0.15, -0.1) is 0 Å². The Morgan fingerprint density at radius 3 is 2.00 bits per heavy atom. The number of esters is 2. The van der Waals surface area contributed by atoms with Gasteiger partial charge in [-0.3, -0.25) is 9.59 Å². The molecule has 1 aliphatic rings. The fourth-order valence-electron chi connectivity index (χ4n) is 1.74. The summed E-state index contributed by atoms with van der Waals surface area (Å²) in [6.45, 7) is 9.04. The number of rotatable bonds is 4.